The van der Waals surface area contributed by atoms with Gasteiger partial charge in [-0.2, -0.15) is 0 Å². The first-order valence-electron chi connectivity index (χ1n) is 8.23. The molecule has 0 aliphatic carbocycles. The SMILES string of the molecule is Cc1c(CC(O)C(C)CN2CCNCC2)oc2ccccc12. The molecule has 4 nitrogen and oxygen atoms in total. The summed E-state index contributed by atoms with van der Waals surface area (Å²) in [5.74, 6) is 1.16. The number of para-hydroxylation sites is 1. The number of aliphatic hydroxyl groups is 1. The maximum absolute atomic E-state index is 10.5. The summed E-state index contributed by atoms with van der Waals surface area (Å²) in [4.78, 5) is 2.43. The van der Waals surface area contributed by atoms with Crippen LogP contribution in [0.25, 0.3) is 11.0 Å². The molecule has 0 amide bonds. The summed E-state index contributed by atoms with van der Waals surface area (Å²) >= 11 is 0. The molecule has 120 valence electrons. The fourth-order valence-electron chi connectivity index (χ4n) is 3.23. The first kappa shape index (κ1) is 15.5. The number of nitrogens with one attached hydrogen (secondary N) is 1. The standard InChI is InChI=1S/C18H26N2O2/c1-13(12-20-9-7-19-8-10-20)16(21)11-18-14(2)15-5-3-4-6-17(15)22-18/h3-6,13,16,19,21H,7-12H2,1-2H3. The van der Waals surface area contributed by atoms with Crippen molar-refractivity contribution in [1.82, 2.24) is 10.2 Å². The lowest BCUT2D eigenvalue weighted by atomic mass is 9.98. The molecule has 1 saturated heterocycles. The van der Waals surface area contributed by atoms with Crippen molar-refractivity contribution in [3.05, 3.63) is 35.6 Å². The second kappa shape index (κ2) is 6.82. The van der Waals surface area contributed by atoms with Crippen molar-refractivity contribution in [3.63, 3.8) is 0 Å². The van der Waals surface area contributed by atoms with E-state index < -0.39 is 0 Å². The zero-order valence-corrected chi connectivity index (χ0v) is 13.5. The molecule has 1 aliphatic rings. The predicted molar refractivity (Wildman–Crippen MR) is 89.1 cm³/mol. The third kappa shape index (κ3) is 3.35. The molecule has 0 spiro atoms. The molecule has 2 N–H and O–H groups in total. The molecule has 3 rings (SSSR count). The summed E-state index contributed by atoms with van der Waals surface area (Å²) in [7, 11) is 0. The van der Waals surface area contributed by atoms with E-state index in [2.05, 4.69) is 30.1 Å². The third-order valence-electron chi connectivity index (χ3n) is 4.75. The van der Waals surface area contributed by atoms with Gasteiger partial charge in [0.05, 0.1) is 6.10 Å². The van der Waals surface area contributed by atoms with Gasteiger partial charge in [-0.1, -0.05) is 25.1 Å². The molecule has 2 aromatic rings. The Bertz CT molecular complexity index is 617. The smallest absolute Gasteiger partial charge is 0.134 e. The van der Waals surface area contributed by atoms with E-state index in [0.29, 0.717) is 6.42 Å². The molecule has 22 heavy (non-hydrogen) atoms. The molecule has 0 radical (unpaired) electrons. The van der Waals surface area contributed by atoms with Gasteiger partial charge in [0.2, 0.25) is 0 Å². The van der Waals surface area contributed by atoms with E-state index in [-0.39, 0.29) is 12.0 Å². The fourth-order valence-corrected chi connectivity index (χ4v) is 3.23. The first-order chi connectivity index (χ1) is 10.6. The third-order valence-corrected chi connectivity index (χ3v) is 4.75. The van der Waals surface area contributed by atoms with Gasteiger partial charge < -0.3 is 19.7 Å². The number of nitrogens with zero attached hydrogens (tertiary/aromatic N) is 1. The minimum atomic E-state index is -0.367. The number of aryl methyl sites for hydroxylation is 1. The van der Waals surface area contributed by atoms with E-state index >= 15 is 0 Å². The summed E-state index contributed by atoms with van der Waals surface area (Å²) in [6.07, 6.45) is 0.225. The van der Waals surface area contributed by atoms with Gasteiger partial charge in [-0.15, -0.1) is 0 Å². The van der Waals surface area contributed by atoms with Crippen LogP contribution in [0.2, 0.25) is 0 Å². The number of fused-ring (bicyclic) bond motifs is 1. The van der Waals surface area contributed by atoms with Crippen LogP contribution in [-0.2, 0) is 6.42 Å². The van der Waals surface area contributed by atoms with Crippen molar-refractivity contribution in [2.45, 2.75) is 26.4 Å². The van der Waals surface area contributed by atoms with Gasteiger partial charge in [0.1, 0.15) is 11.3 Å². The maximum atomic E-state index is 10.5. The highest BCUT2D eigenvalue weighted by atomic mass is 16.3. The van der Waals surface area contributed by atoms with Crippen LogP contribution < -0.4 is 5.32 Å². The highest BCUT2D eigenvalue weighted by Crippen LogP contribution is 2.26. The van der Waals surface area contributed by atoms with Crippen molar-refractivity contribution in [1.29, 1.82) is 0 Å². The quantitative estimate of drug-likeness (QED) is 0.889. The number of aliphatic hydroxyl groups excluding tert-OH is 1. The molecule has 1 aromatic carbocycles. The normalized spacial score (nSPS) is 19.4. The molecular weight excluding hydrogens is 276 g/mol. The summed E-state index contributed by atoms with van der Waals surface area (Å²) in [6.45, 7) is 9.39. The highest BCUT2D eigenvalue weighted by molar-refractivity contribution is 5.81. The van der Waals surface area contributed by atoms with E-state index in [9.17, 15) is 5.11 Å². The summed E-state index contributed by atoms with van der Waals surface area (Å²) in [6, 6.07) is 8.08. The van der Waals surface area contributed by atoms with Crippen LogP contribution in [0, 0.1) is 12.8 Å². The Balaban J connectivity index is 1.64. The largest absolute Gasteiger partial charge is 0.461 e. The number of benzene rings is 1. The Labute approximate surface area is 132 Å². The zero-order valence-electron chi connectivity index (χ0n) is 13.5. The Morgan fingerprint density at radius 3 is 2.73 bits per heavy atom. The summed E-state index contributed by atoms with van der Waals surface area (Å²) < 4.78 is 5.93. The van der Waals surface area contributed by atoms with E-state index in [1.54, 1.807) is 0 Å². The number of hydrogen-bond donors (Lipinski definition) is 2. The molecule has 2 heterocycles. The van der Waals surface area contributed by atoms with Crippen LogP contribution in [0.1, 0.15) is 18.2 Å². The second-order valence-corrected chi connectivity index (χ2v) is 6.45. The summed E-state index contributed by atoms with van der Waals surface area (Å²) in [5, 5.41) is 15.1. The minimum absolute atomic E-state index is 0.241. The van der Waals surface area contributed by atoms with Gasteiger partial charge in [0.15, 0.2) is 0 Å². The van der Waals surface area contributed by atoms with Crippen LogP contribution in [0.4, 0.5) is 0 Å². The number of furan rings is 1. The van der Waals surface area contributed by atoms with Crippen LogP contribution in [0.3, 0.4) is 0 Å². The average molecular weight is 302 g/mol. The van der Waals surface area contributed by atoms with Crippen LogP contribution in [0.5, 0.6) is 0 Å². The fraction of sp³-hybridized carbons (Fsp3) is 0.556. The van der Waals surface area contributed by atoms with Crippen LogP contribution >= 0.6 is 0 Å². The lowest BCUT2D eigenvalue weighted by Gasteiger charge is -2.31. The van der Waals surface area contributed by atoms with Crippen molar-refractivity contribution in [2.24, 2.45) is 5.92 Å². The molecular formula is C18H26N2O2. The molecule has 2 atom stereocenters. The molecule has 1 fully saturated rings. The molecule has 2 unspecified atom stereocenters. The van der Waals surface area contributed by atoms with E-state index in [0.717, 1.165) is 55.0 Å². The number of rotatable bonds is 5. The Kier molecular flexibility index (Phi) is 4.81. The van der Waals surface area contributed by atoms with Crippen LogP contribution in [-0.4, -0.2) is 48.8 Å². The van der Waals surface area contributed by atoms with E-state index in [1.807, 2.05) is 18.2 Å². The Morgan fingerprint density at radius 1 is 1.27 bits per heavy atom. The second-order valence-electron chi connectivity index (χ2n) is 6.45. The highest BCUT2D eigenvalue weighted by Gasteiger charge is 2.22. The zero-order chi connectivity index (χ0) is 15.5. The number of hydrogen-bond acceptors (Lipinski definition) is 4. The van der Waals surface area contributed by atoms with Crippen molar-refractivity contribution >= 4 is 11.0 Å². The predicted octanol–water partition coefficient (Wildman–Crippen LogP) is 2.19. The van der Waals surface area contributed by atoms with Crippen molar-refractivity contribution < 1.29 is 9.52 Å². The Hall–Kier alpha value is -1.36. The molecule has 0 bridgehead atoms. The maximum Gasteiger partial charge on any atom is 0.134 e. The average Bonchev–Trinajstić information content (AvgIpc) is 2.85. The van der Waals surface area contributed by atoms with E-state index in [4.69, 9.17) is 4.42 Å². The van der Waals surface area contributed by atoms with Gasteiger partial charge in [0, 0.05) is 44.5 Å². The van der Waals surface area contributed by atoms with Crippen molar-refractivity contribution in [2.75, 3.05) is 32.7 Å². The van der Waals surface area contributed by atoms with Gasteiger partial charge in [0.25, 0.3) is 0 Å². The lowest BCUT2D eigenvalue weighted by Crippen LogP contribution is -2.46. The van der Waals surface area contributed by atoms with Gasteiger partial charge >= 0.3 is 0 Å². The van der Waals surface area contributed by atoms with E-state index in [1.165, 1.54) is 0 Å². The molecule has 4 heteroatoms. The topological polar surface area (TPSA) is 48.6 Å². The van der Waals surface area contributed by atoms with Crippen molar-refractivity contribution in [3.8, 4) is 0 Å². The van der Waals surface area contributed by atoms with Gasteiger partial charge in [-0.3, -0.25) is 0 Å². The summed E-state index contributed by atoms with van der Waals surface area (Å²) in [5.41, 5.74) is 2.07. The van der Waals surface area contributed by atoms with Gasteiger partial charge in [-0.05, 0) is 24.5 Å². The lowest BCUT2D eigenvalue weighted by molar-refractivity contribution is 0.0806. The minimum Gasteiger partial charge on any atom is -0.461 e. The Morgan fingerprint density at radius 2 is 2.00 bits per heavy atom. The monoisotopic (exact) mass is 302 g/mol. The molecule has 0 saturated carbocycles. The van der Waals surface area contributed by atoms with Gasteiger partial charge in [-0.25, -0.2) is 0 Å². The first-order valence-corrected chi connectivity index (χ1v) is 8.23. The molecule has 1 aromatic heterocycles. The van der Waals surface area contributed by atoms with Crippen LogP contribution in [0.15, 0.2) is 28.7 Å². The number of piperazine rings is 1. The molecule has 1 aliphatic heterocycles.